The Morgan fingerprint density at radius 3 is 2.31 bits per heavy atom. The Labute approximate surface area is 170 Å². The smallest absolute Gasteiger partial charge is 0.166 e. The molecule has 0 nitrogen and oxygen atoms in total. The minimum Gasteiger partial charge on any atom is -0.251 e. The summed E-state index contributed by atoms with van der Waals surface area (Å²) in [5, 5.41) is 0. The number of allylic oxidation sites excluding steroid dienone is 2. The molecule has 0 N–H and O–H groups in total. The van der Waals surface area contributed by atoms with E-state index in [0.717, 1.165) is 56.6 Å². The molecule has 0 aliphatic heterocycles. The standard InChI is InChI=1S/C25H28F4/c26-16-5-3-1-2-4-7-18-10-12-19(13-11-18)20-14-15-21(24(28)17-20)22-8-6-9-23(27)25(22)29/h1-2,6,8-9,14-15,17-19H,3-5,7,10-13,16H2. The van der Waals surface area contributed by atoms with E-state index in [1.807, 2.05) is 6.07 Å². The van der Waals surface area contributed by atoms with E-state index in [4.69, 9.17) is 0 Å². The second-order valence-electron chi connectivity index (χ2n) is 7.94. The molecule has 2 aromatic rings. The second kappa shape index (κ2) is 10.6. The summed E-state index contributed by atoms with van der Waals surface area (Å²) in [6.45, 7) is -0.257. The molecular formula is C25H28F4. The fourth-order valence-electron chi connectivity index (χ4n) is 4.26. The summed E-state index contributed by atoms with van der Waals surface area (Å²) in [6.07, 6.45) is 12.1. The fraction of sp³-hybridized carbons (Fsp3) is 0.440. The van der Waals surface area contributed by atoms with Gasteiger partial charge in [-0.2, -0.15) is 0 Å². The van der Waals surface area contributed by atoms with Crippen molar-refractivity contribution in [1.29, 1.82) is 0 Å². The Kier molecular flexibility index (Phi) is 7.91. The van der Waals surface area contributed by atoms with Crippen LogP contribution in [0.25, 0.3) is 11.1 Å². The highest BCUT2D eigenvalue weighted by Gasteiger charge is 2.23. The topological polar surface area (TPSA) is 0 Å². The molecule has 3 rings (SSSR count). The van der Waals surface area contributed by atoms with E-state index in [2.05, 4.69) is 12.2 Å². The van der Waals surface area contributed by atoms with Crippen LogP contribution in [-0.2, 0) is 0 Å². The molecule has 0 bridgehead atoms. The van der Waals surface area contributed by atoms with Crippen LogP contribution in [0.5, 0.6) is 0 Å². The van der Waals surface area contributed by atoms with Gasteiger partial charge in [0.1, 0.15) is 5.82 Å². The number of hydrogen-bond acceptors (Lipinski definition) is 0. The Hall–Kier alpha value is -2.10. The number of rotatable bonds is 8. The first-order chi connectivity index (χ1) is 14.1. The Morgan fingerprint density at radius 2 is 1.59 bits per heavy atom. The number of alkyl halides is 1. The van der Waals surface area contributed by atoms with Crippen LogP contribution in [0.2, 0.25) is 0 Å². The first-order valence-corrected chi connectivity index (χ1v) is 10.5. The molecule has 1 fully saturated rings. The average molecular weight is 404 g/mol. The van der Waals surface area contributed by atoms with E-state index in [9.17, 15) is 17.6 Å². The molecule has 4 heteroatoms. The largest absolute Gasteiger partial charge is 0.251 e. The van der Waals surface area contributed by atoms with Gasteiger partial charge in [-0.3, -0.25) is 4.39 Å². The third-order valence-corrected chi connectivity index (χ3v) is 5.97. The zero-order valence-electron chi connectivity index (χ0n) is 16.6. The number of hydrogen-bond donors (Lipinski definition) is 0. The number of benzene rings is 2. The van der Waals surface area contributed by atoms with Gasteiger partial charge in [0.2, 0.25) is 0 Å². The van der Waals surface area contributed by atoms with Gasteiger partial charge < -0.3 is 0 Å². The van der Waals surface area contributed by atoms with Crippen LogP contribution >= 0.6 is 0 Å². The predicted octanol–water partition coefficient (Wildman–Crippen LogP) is 8.13. The average Bonchev–Trinajstić information content (AvgIpc) is 2.73. The van der Waals surface area contributed by atoms with E-state index in [-0.39, 0.29) is 17.8 Å². The fourth-order valence-corrected chi connectivity index (χ4v) is 4.26. The molecule has 1 saturated carbocycles. The van der Waals surface area contributed by atoms with Crippen LogP contribution in [0.4, 0.5) is 17.6 Å². The van der Waals surface area contributed by atoms with Gasteiger partial charge in [0.25, 0.3) is 0 Å². The maximum atomic E-state index is 14.7. The molecule has 0 heterocycles. The van der Waals surface area contributed by atoms with Crippen molar-refractivity contribution >= 4 is 0 Å². The minimum absolute atomic E-state index is 0.0441. The third-order valence-electron chi connectivity index (χ3n) is 5.97. The lowest BCUT2D eigenvalue weighted by molar-refractivity contribution is 0.311. The van der Waals surface area contributed by atoms with Crippen molar-refractivity contribution in [2.45, 2.75) is 57.3 Å². The van der Waals surface area contributed by atoms with Gasteiger partial charge in [-0.1, -0.05) is 36.4 Å². The van der Waals surface area contributed by atoms with Gasteiger partial charge in [-0.15, -0.1) is 0 Å². The molecule has 0 aromatic heterocycles. The zero-order valence-corrected chi connectivity index (χ0v) is 16.6. The molecule has 0 unspecified atom stereocenters. The highest BCUT2D eigenvalue weighted by atomic mass is 19.2. The highest BCUT2D eigenvalue weighted by Crippen LogP contribution is 2.39. The molecule has 1 aliphatic rings. The van der Waals surface area contributed by atoms with Crippen molar-refractivity contribution in [1.82, 2.24) is 0 Å². The minimum atomic E-state index is -1.02. The Balaban J connectivity index is 1.55. The lowest BCUT2D eigenvalue weighted by Gasteiger charge is -2.29. The molecule has 0 saturated heterocycles. The van der Waals surface area contributed by atoms with E-state index in [1.165, 1.54) is 18.2 Å². The van der Waals surface area contributed by atoms with Gasteiger partial charge >= 0.3 is 0 Å². The third kappa shape index (κ3) is 5.71. The summed E-state index contributed by atoms with van der Waals surface area (Å²) in [5.41, 5.74) is 0.990. The predicted molar refractivity (Wildman–Crippen MR) is 110 cm³/mol. The van der Waals surface area contributed by atoms with Gasteiger partial charge in [0.05, 0.1) is 6.67 Å². The summed E-state index contributed by atoms with van der Waals surface area (Å²) in [5.74, 6) is -1.50. The van der Waals surface area contributed by atoms with E-state index >= 15 is 0 Å². The summed E-state index contributed by atoms with van der Waals surface area (Å²) in [6, 6.07) is 8.71. The van der Waals surface area contributed by atoms with E-state index in [0.29, 0.717) is 18.3 Å². The van der Waals surface area contributed by atoms with Crippen LogP contribution in [0.3, 0.4) is 0 Å². The van der Waals surface area contributed by atoms with Gasteiger partial charge in [0.15, 0.2) is 11.6 Å². The molecule has 0 radical (unpaired) electrons. The van der Waals surface area contributed by atoms with Gasteiger partial charge in [0, 0.05) is 11.1 Å². The van der Waals surface area contributed by atoms with Crippen LogP contribution < -0.4 is 0 Å². The van der Waals surface area contributed by atoms with Crippen LogP contribution in [0.15, 0.2) is 48.6 Å². The lowest BCUT2D eigenvalue weighted by Crippen LogP contribution is -2.13. The molecule has 0 amide bonds. The van der Waals surface area contributed by atoms with Crippen LogP contribution in [-0.4, -0.2) is 6.67 Å². The summed E-state index contributed by atoms with van der Waals surface area (Å²) in [4.78, 5) is 0. The van der Waals surface area contributed by atoms with Crippen molar-refractivity contribution in [3.05, 3.63) is 71.6 Å². The quantitative estimate of drug-likeness (QED) is 0.237. The van der Waals surface area contributed by atoms with Crippen LogP contribution in [0, 0.1) is 23.4 Å². The summed E-state index contributed by atoms with van der Waals surface area (Å²) >= 11 is 0. The summed E-state index contributed by atoms with van der Waals surface area (Å²) in [7, 11) is 0. The first-order valence-electron chi connectivity index (χ1n) is 10.5. The molecule has 29 heavy (non-hydrogen) atoms. The molecule has 0 spiro atoms. The van der Waals surface area contributed by atoms with Gasteiger partial charge in [-0.05, 0) is 80.9 Å². The van der Waals surface area contributed by atoms with Crippen LogP contribution in [0.1, 0.15) is 62.8 Å². The van der Waals surface area contributed by atoms with E-state index in [1.54, 1.807) is 6.07 Å². The van der Waals surface area contributed by atoms with Gasteiger partial charge in [-0.25, -0.2) is 13.2 Å². The van der Waals surface area contributed by atoms with Crippen molar-refractivity contribution in [3.8, 4) is 11.1 Å². The zero-order chi connectivity index (χ0) is 20.6. The second-order valence-corrected chi connectivity index (χ2v) is 7.94. The van der Waals surface area contributed by atoms with E-state index < -0.39 is 17.5 Å². The summed E-state index contributed by atoms with van der Waals surface area (Å²) < 4.78 is 54.1. The van der Waals surface area contributed by atoms with Crippen molar-refractivity contribution < 1.29 is 17.6 Å². The Morgan fingerprint density at radius 1 is 0.828 bits per heavy atom. The first kappa shape index (κ1) is 21.6. The number of unbranched alkanes of at least 4 members (excludes halogenated alkanes) is 1. The monoisotopic (exact) mass is 404 g/mol. The molecular weight excluding hydrogens is 376 g/mol. The number of halogens is 4. The normalized spacial score (nSPS) is 19.7. The van der Waals surface area contributed by atoms with Crippen molar-refractivity contribution in [3.63, 3.8) is 0 Å². The molecule has 1 aliphatic carbocycles. The molecule has 156 valence electrons. The highest BCUT2D eigenvalue weighted by molar-refractivity contribution is 5.65. The molecule has 0 atom stereocenters. The SMILES string of the molecule is FCCCC=CCCC1CCC(c2ccc(-c3cccc(F)c3F)c(F)c2)CC1. The maximum absolute atomic E-state index is 14.7. The maximum Gasteiger partial charge on any atom is 0.166 e. The lowest BCUT2D eigenvalue weighted by atomic mass is 9.77. The molecule has 2 aromatic carbocycles. The van der Waals surface area contributed by atoms with Crippen molar-refractivity contribution in [2.24, 2.45) is 5.92 Å². The Bertz CT molecular complexity index is 820. The van der Waals surface area contributed by atoms with Crippen molar-refractivity contribution in [2.75, 3.05) is 6.67 Å².